The lowest BCUT2D eigenvalue weighted by molar-refractivity contribution is 0.322. The molecule has 0 spiro atoms. The minimum absolute atomic E-state index is 0.747. The molecule has 0 fully saturated rings. The number of hydrogen-bond donors (Lipinski definition) is 1. The van der Waals surface area contributed by atoms with Gasteiger partial charge in [-0.1, -0.05) is 5.16 Å². The van der Waals surface area contributed by atoms with E-state index in [4.69, 9.17) is 5.21 Å². The van der Waals surface area contributed by atoms with Crippen LogP contribution in [-0.2, 0) is 0 Å². The Hall–Kier alpha value is -1.01. The molecule has 0 bridgehead atoms. The van der Waals surface area contributed by atoms with Crippen LogP contribution in [0.15, 0.2) is 21.8 Å². The summed E-state index contributed by atoms with van der Waals surface area (Å²) >= 11 is 4.49. The first-order chi connectivity index (χ1) is 6.33. The van der Waals surface area contributed by atoms with Gasteiger partial charge in [0.25, 0.3) is 0 Å². The van der Waals surface area contributed by atoms with Gasteiger partial charge < -0.3 is 5.21 Å². The number of rotatable bonds is 1. The van der Waals surface area contributed by atoms with Crippen molar-refractivity contribution < 1.29 is 5.21 Å². The van der Waals surface area contributed by atoms with Crippen LogP contribution in [0.5, 0.6) is 0 Å². The van der Waals surface area contributed by atoms with Gasteiger partial charge in [0.15, 0.2) is 0 Å². The van der Waals surface area contributed by atoms with Crippen LogP contribution < -0.4 is 0 Å². The Bertz CT molecular complexity index is 468. The van der Waals surface area contributed by atoms with Gasteiger partial charge in [0.2, 0.25) is 0 Å². The molecule has 0 amide bonds. The van der Waals surface area contributed by atoms with E-state index in [1.54, 1.807) is 0 Å². The summed E-state index contributed by atoms with van der Waals surface area (Å²) < 4.78 is 9.09. The summed E-state index contributed by atoms with van der Waals surface area (Å²) in [6.45, 7) is 0. The van der Waals surface area contributed by atoms with E-state index in [2.05, 4.69) is 29.8 Å². The third-order valence-electron chi connectivity index (χ3n) is 1.59. The van der Waals surface area contributed by atoms with Crippen LogP contribution in [0.25, 0.3) is 11.0 Å². The van der Waals surface area contributed by atoms with Crippen LogP contribution in [-0.4, -0.2) is 20.2 Å². The van der Waals surface area contributed by atoms with E-state index >= 15 is 0 Å². The number of fused-ring (bicyclic) bond motifs is 1. The van der Waals surface area contributed by atoms with Crippen LogP contribution in [0.3, 0.4) is 0 Å². The van der Waals surface area contributed by atoms with Gasteiger partial charge in [-0.2, -0.15) is 8.75 Å². The largest absolute Gasteiger partial charge is 0.411 e. The van der Waals surface area contributed by atoms with Crippen molar-refractivity contribution in [1.29, 1.82) is 0 Å². The van der Waals surface area contributed by atoms with Crippen LogP contribution in [0.2, 0.25) is 0 Å². The van der Waals surface area contributed by atoms with E-state index in [0.29, 0.717) is 0 Å². The fourth-order valence-electron chi connectivity index (χ4n) is 1.02. The van der Waals surface area contributed by atoms with Crippen molar-refractivity contribution in [3.63, 3.8) is 0 Å². The Balaban J connectivity index is 2.78. The molecule has 66 valence electrons. The molecule has 0 aliphatic carbocycles. The van der Waals surface area contributed by atoms with E-state index < -0.39 is 0 Å². The predicted octanol–water partition coefficient (Wildman–Crippen LogP) is 2.26. The number of halogens is 1. The zero-order chi connectivity index (χ0) is 9.26. The molecular weight excluding hydrogens is 254 g/mol. The third-order valence-corrected chi connectivity index (χ3v) is 2.76. The quantitative estimate of drug-likeness (QED) is 0.485. The first-order valence-electron chi connectivity index (χ1n) is 3.41. The lowest BCUT2D eigenvalue weighted by Crippen LogP contribution is -1.84. The Morgan fingerprint density at radius 2 is 2.15 bits per heavy atom. The molecule has 1 N–H and O–H groups in total. The number of oxime groups is 1. The minimum Gasteiger partial charge on any atom is -0.411 e. The van der Waals surface area contributed by atoms with Crippen LogP contribution in [0.4, 0.5) is 0 Å². The smallest absolute Gasteiger partial charge is 0.119 e. The second kappa shape index (κ2) is 3.39. The molecule has 0 atom stereocenters. The van der Waals surface area contributed by atoms with E-state index in [9.17, 15) is 0 Å². The van der Waals surface area contributed by atoms with E-state index in [1.807, 2.05) is 12.1 Å². The zero-order valence-corrected chi connectivity index (χ0v) is 8.71. The van der Waals surface area contributed by atoms with Gasteiger partial charge in [-0.25, -0.2) is 0 Å². The van der Waals surface area contributed by atoms with Gasteiger partial charge in [-0.3, -0.25) is 0 Å². The standard InChI is InChI=1S/C7H4BrN3OS/c8-5-2-1-4(3-9-12)6-7(5)11-13-10-6/h1-3,12H/b9-3+. The molecule has 6 heteroatoms. The molecule has 1 aromatic carbocycles. The van der Waals surface area contributed by atoms with Crippen LogP contribution in [0.1, 0.15) is 5.56 Å². The minimum atomic E-state index is 0.747. The molecule has 0 radical (unpaired) electrons. The van der Waals surface area contributed by atoms with Gasteiger partial charge in [0.05, 0.1) is 17.9 Å². The monoisotopic (exact) mass is 257 g/mol. The zero-order valence-electron chi connectivity index (χ0n) is 6.31. The molecule has 13 heavy (non-hydrogen) atoms. The number of aromatic nitrogens is 2. The predicted molar refractivity (Wildman–Crippen MR) is 54.5 cm³/mol. The Labute approximate surface area is 86.4 Å². The summed E-state index contributed by atoms with van der Waals surface area (Å²) in [7, 11) is 0. The van der Waals surface area contributed by atoms with E-state index in [-0.39, 0.29) is 0 Å². The van der Waals surface area contributed by atoms with E-state index in [0.717, 1.165) is 32.8 Å². The summed E-state index contributed by atoms with van der Waals surface area (Å²) in [5.74, 6) is 0. The van der Waals surface area contributed by atoms with Crippen molar-refractivity contribution in [1.82, 2.24) is 8.75 Å². The SMILES string of the molecule is O/N=C/c1ccc(Br)c2nsnc12. The first kappa shape index (κ1) is 8.58. The molecule has 0 saturated carbocycles. The molecule has 1 aromatic heterocycles. The highest BCUT2D eigenvalue weighted by Gasteiger charge is 2.06. The first-order valence-corrected chi connectivity index (χ1v) is 4.93. The molecule has 2 rings (SSSR count). The van der Waals surface area contributed by atoms with Crippen LogP contribution in [0, 0.1) is 0 Å². The normalized spacial score (nSPS) is 11.5. The number of benzene rings is 1. The maximum Gasteiger partial charge on any atom is 0.119 e. The molecule has 0 saturated heterocycles. The Morgan fingerprint density at radius 1 is 1.38 bits per heavy atom. The lowest BCUT2D eigenvalue weighted by Gasteiger charge is -1.94. The molecule has 0 aliphatic rings. The van der Waals surface area contributed by atoms with Gasteiger partial charge >= 0.3 is 0 Å². The fraction of sp³-hybridized carbons (Fsp3) is 0. The average Bonchev–Trinajstić information content (AvgIpc) is 2.59. The summed E-state index contributed by atoms with van der Waals surface area (Å²) in [4.78, 5) is 0. The molecule has 2 aromatic rings. The van der Waals surface area contributed by atoms with Crippen molar-refractivity contribution in [3.8, 4) is 0 Å². The maximum atomic E-state index is 8.40. The second-order valence-corrected chi connectivity index (χ2v) is 3.73. The van der Waals surface area contributed by atoms with E-state index in [1.165, 1.54) is 6.21 Å². The summed E-state index contributed by atoms with van der Waals surface area (Å²) in [6.07, 6.45) is 1.34. The third kappa shape index (κ3) is 1.42. The summed E-state index contributed by atoms with van der Waals surface area (Å²) in [5, 5.41) is 11.4. The Kier molecular flexibility index (Phi) is 2.24. The summed E-state index contributed by atoms with van der Waals surface area (Å²) in [5.41, 5.74) is 2.30. The maximum absolute atomic E-state index is 8.40. The van der Waals surface area contributed by atoms with Crippen LogP contribution >= 0.6 is 27.7 Å². The fourth-order valence-corrected chi connectivity index (χ4v) is 2.13. The number of nitrogens with zero attached hydrogens (tertiary/aromatic N) is 3. The van der Waals surface area contributed by atoms with Gasteiger partial charge in [-0.05, 0) is 28.1 Å². The van der Waals surface area contributed by atoms with Gasteiger partial charge in [-0.15, -0.1) is 0 Å². The van der Waals surface area contributed by atoms with Gasteiger partial charge in [0, 0.05) is 10.0 Å². The number of hydrogen-bond acceptors (Lipinski definition) is 5. The highest BCUT2D eigenvalue weighted by molar-refractivity contribution is 9.10. The molecular formula is C7H4BrN3OS. The topological polar surface area (TPSA) is 58.4 Å². The van der Waals surface area contributed by atoms with Crippen molar-refractivity contribution in [2.24, 2.45) is 5.16 Å². The molecule has 4 nitrogen and oxygen atoms in total. The lowest BCUT2D eigenvalue weighted by atomic mass is 10.2. The highest BCUT2D eigenvalue weighted by atomic mass is 79.9. The molecule has 0 unspecified atom stereocenters. The Morgan fingerprint density at radius 3 is 2.92 bits per heavy atom. The highest BCUT2D eigenvalue weighted by Crippen LogP contribution is 2.24. The van der Waals surface area contributed by atoms with Crippen molar-refractivity contribution in [2.45, 2.75) is 0 Å². The molecule has 1 heterocycles. The molecule has 0 aliphatic heterocycles. The van der Waals surface area contributed by atoms with Crippen molar-refractivity contribution in [3.05, 3.63) is 22.2 Å². The van der Waals surface area contributed by atoms with Gasteiger partial charge in [0.1, 0.15) is 11.0 Å². The van der Waals surface area contributed by atoms with Crippen molar-refractivity contribution >= 4 is 44.9 Å². The van der Waals surface area contributed by atoms with Crippen molar-refractivity contribution in [2.75, 3.05) is 0 Å². The second-order valence-electron chi connectivity index (χ2n) is 2.34. The summed E-state index contributed by atoms with van der Waals surface area (Å²) in [6, 6.07) is 3.66. The average molecular weight is 258 g/mol.